The van der Waals surface area contributed by atoms with E-state index in [1.54, 1.807) is 26.8 Å². The summed E-state index contributed by atoms with van der Waals surface area (Å²) in [5.74, 6) is -1.77. The van der Waals surface area contributed by atoms with Crippen molar-refractivity contribution < 1.29 is 44.6 Å². The van der Waals surface area contributed by atoms with Crippen molar-refractivity contribution in [1.29, 1.82) is 0 Å². The lowest BCUT2D eigenvalue weighted by atomic mass is 9.43. The van der Waals surface area contributed by atoms with E-state index in [0.29, 0.717) is 17.6 Å². The highest BCUT2D eigenvalue weighted by Crippen LogP contribution is 2.69. The number of rotatable bonds is 5. The van der Waals surface area contributed by atoms with Crippen LogP contribution in [0.25, 0.3) is 0 Å². The number of phenols is 1. The van der Waals surface area contributed by atoms with Gasteiger partial charge < -0.3 is 35.0 Å². The van der Waals surface area contributed by atoms with Gasteiger partial charge in [0.1, 0.15) is 35.1 Å². The lowest BCUT2D eigenvalue weighted by Crippen LogP contribution is -2.76. The number of benzene rings is 1. The fourth-order valence-corrected chi connectivity index (χ4v) is 6.47. The van der Waals surface area contributed by atoms with E-state index < -0.39 is 46.1 Å². The average Bonchev–Trinajstić information content (AvgIpc) is 2.95. The minimum atomic E-state index is -1.96. The van der Waals surface area contributed by atoms with Gasteiger partial charge in [-0.2, -0.15) is 0 Å². The van der Waals surface area contributed by atoms with E-state index in [0.717, 1.165) is 0 Å². The Hall–Kier alpha value is -2.46. The summed E-state index contributed by atoms with van der Waals surface area (Å²) in [6.45, 7) is 4.48. The van der Waals surface area contributed by atoms with Gasteiger partial charge in [0.15, 0.2) is 0 Å². The van der Waals surface area contributed by atoms with Crippen LogP contribution in [0.1, 0.15) is 42.6 Å². The molecule has 0 bridgehead atoms. The SMILES string of the molecule is COc1cc(C)c(C(=O)O[C@@H]2C[C@]3(C)[C@H]4[C@@H](O)[C@](C)(CO)C[C@@]4(O)C=C(C=O)[C@]23O)c(O)c1. The molecule has 0 heterocycles. The number of hydrogen-bond donors (Lipinski definition) is 5. The predicted molar refractivity (Wildman–Crippen MR) is 115 cm³/mol. The van der Waals surface area contributed by atoms with Gasteiger partial charge in [0.05, 0.1) is 25.4 Å². The van der Waals surface area contributed by atoms with Crippen LogP contribution in [-0.4, -0.2) is 74.9 Å². The third kappa shape index (κ3) is 2.92. The largest absolute Gasteiger partial charge is 0.507 e. The summed E-state index contributed by atoms with van der Waals surface area (Å²) in [7, 11) is 1.42. The van der Waals surface area contributed by atoms with Crippen molar-refractivity contribution in [2.24, 2.45) is 16.7 Å². The quantitative estimate of drug-likeness (QED) is 0.313. The maximum Gasteiger partial charge on any atom is 0.342 e. The number of hydrogen-bond acceptors (Lipinski definition) is 9. The number of aliphatic hydroxyl groups is 4. The van der Waals surface area contributed by atoms with E-state index >= 15 is 0 Å². The molecule has 5 N–H and O–H groups in total. The number of carbonyl (C=O) groups is 2. The molecule has 9 heteroatoms. The lowest BCUT2D eigenvalue weighted by Gasteiger charge is -2.66. The van der Waals surface area contributed by atoms with Crippen LogP contribution in [0.2, 0.25) is 0 Å². The maximum absolute atomic E-state index is 12.9. The molecule has 7 atom stereocenters. The van der Waals surface area contributed by atoms with E-state index in [1.807, 2.05) is 0 Å². The molecule has 1 aromatic carbocycles. The minimum absolute atomic E-state index is 0.00864. The van der Waals surface area contributed by atoms with Gasteiger partial charge in [-0.15, -0.1) is 0 Å². The summed E-state index contributed by atoms with van der Waals surface area (Å²) in [6, 6.07) is 2.82. The number of phenolic OH excluding ortho intramolecular Hbond substituents is 1. The Morgan fingerprint density at radius 3 is 2.48 bits per heavy atom. The number of fused-ring (bicyclic) bond motifs is 3. The molecule has 1 aromatic rings. The highest BCUT2D eigenvalue weighted by molar-refractivity contribution is 5.94. The number of esters is 1. The molecule has 0 aliphatic heterocycles. The average molecular weight is 462 g/mol. The molecule has 0 saturated heterocycles. The van der Waals surface area contributed by atoms with Crippen LogP contribution in [0, 0.1) is 23.7 Å². The monoisotopic (exact) mass is 462 g/mol. The number of carbonyl (C=O) groups excluding carboxylic acids is 2. The zero-order valence-corrected chi connectivity index (χ0v) is 19.0. The van der Waals surface area contributed by atoms with Crippen LogP contribution in [0.15, 0.2) is 23.8 Å². The van der Waals surface area contributed by atoms with Crippen molar-refractivity contribution >= 4 is 12.3 Å². The van der Waals surface area contributed by atoms with Crippen LogP contribution in [-0.2, 0) is 9.53 Å². The van der Waals surface area contributed by atoms with Crippen molar-refractivity contribution in [1.82, 2.24) is 0 Å². The smallest absolute Gasteiger partial charge is 0.342 e. The summed E-state index contributed by atoms with van der Waals surface area (Å²) in [6.07, 6.45) is -0.601. The number of aldehydes is 1. The van der Waals surface area contributed by atoms with Crippen LogP contribution < -0.4 is 4.74 Å². The molecule has 3 aliphatic rings. The molecule has 0 spiro atoms. The van der Waals surface area contributed by atoms with Gasteiger partial charge in [-0.3, -0.25) is 4.79 Å². The van der Waals surface area contributed by atoms with Crippen molar-refractivity contribution in [2.45, 2.75) is 57.0 Å². The molecule has 3 aliphatic carbocycles. The predicted octanol–water partition coefficient (Wildman–Crippen LogP) is 0.625. The van der Waals surface area contributed by atoms with E-state index in [-0.39, 0.29) is 36.3 Å². The Kier molecular flexibility index (Phi) is 5.22. The highest BCUT2D eigenvalue weighted by atomic mass is 16.6. The maximum atomic E-state index is 12.9. The van der Waals surface area contributed by atoms with E-state index in [1.165, 1.54) is 19.3 Å². The van der Waals surface area contributed by atoms with Crippen molar-refractivity contribution in [3.63, 3.8) is 0 Å². The summed E-state index contributed by atoms with van der Waals surface area (Å²) in [5, 5.41) is 54.2. The van der Waals surface area contributed by atoms with Gasteiger partial charge in [-0.05, 0) is 37.5 Å². The third-order valence-corrected chi connectivity index (χ3v) is 8.20. The van der Waals surface area contributed by atoms with Gasteiger partial charge >= 0.3 is 5.97 Å². The molecule has 0 unspecified atom stereocenters. The first kappa shape index (κ1) is 23.7. The lowest BCUT2D eigenvalue weighted by molar-refractivity contribution is -0.273. The summed E-state index contributed by atoms with van der Waals surface area (Å²) in [4.78, 5) is 24.9. The first-order chi connectivity index (χ1) is 15.3. The molecular formula is C24H30O9. The summed E-state index contributed by atoms with van der Waals surface area (Å²) >= 11 is 0. The fraction of sp³-hybridized carbons (Fsp3) is 0.583. The van der Waals surface area contributed by atoms with Gasteiger partial charge in [0.2, 0.25) is 0 Å². The Balaban J connectivity index is 1.70. The van der Waals surface area contributed by atoms with Crippen LogP contribution in [0.4, 0.5) is 0 Å². The van der Waals surface area contributed by atoms with Crippen molar-refractivity contribution in [2.75, 3.05) is 13.7 Å². The molecule has 0 amide bonds. The normalized spacial score (nSPS) is 41.3. The second kappa shape index (κ2) is 7.27. The molecule has 9 nitrogen and oxygen atoms in total. The second-order valence-electron chi connectivity index (χ2n) is 10.2. The van der Waals surface area contributed by atoms with Gasteiger partial charge in [-0.25, -0.2) is 4.79 Å². The second-order valence-corrected chi connectivity index (χ2v) is 10.2. The molecule has 2 saturated carbocycles. The van der Waals surface area contributed by atoms with E-state index in [4.69, 9.17) is 9.47 Å². The molecule has 0 aromatic heterocycles. The number of aryl methyl sites for hydroxylation is 1. The van der Waals surface area contributed by atoms with Gasteiger partial charge in [-0.1, -0.05) is 13.8 Å². The molecule has 180 valence electrons. The Morgan fingerprint density at radius 1 is 1.27 bits per heavy atom. The topological polar surface area (TPSA) is 154 Å². The number of ether oxygens (including phenoxy) is 2. The molecular weight excluding hydrogens is 432 g/mol. The minimum Gasteiger partial charge on any atom is -0.507 e. The van der Waals surface area contributed by atoms with Gasteiger partial charge in [0.25, 0.3) is 0 Å². The van der Waals surface area contributed by atoms with Crippen LogP contribution in [0.3, 0.4) is 0 Å². The zero-order chi connectivity index (χ0) is 24.6. The Labute approximate surface area is 191 Å². The molecule has 0 radical (unpaired) electrons. The third-order valence-electron chi connectivity index (χ3n) is 8.20. The zero-order valence-electron chi connectivity index (χ0n) is 19.0. The van der Waals surface area contributed by atoms with Crippen molar-refractivity contribution in [3.05, 3.63) is 34.9 Å². The Morgan fingerprint density at radius 2 is 1.94 bits per heavy atom. The molecule has 33 heavy (non-hydrogen) atoms. The van der Waals surface area contributed by atoms with Crippen molar-refractivity contribution in [3.8, 4) is 11.5 Å². The van der Waals surface area contributed by atoms with Crippen LogP contribution >= 0.6 is 0 Å². The molecule has 4 rings (SSSR count). The van der Waals surface area contributed by atoms with Gasteiger partial charge in [0, 0.05) is 28.4 Å². The highest BCUT2D eigenvalue weighted by Gasteiger charge is 2.78. The summed E-state index contributed by atoms with van der Waals surface area (Å²) in [5.41, 5.74) is -5.65. The number of methoxy groups -OCH3 is 1. The number of aromatic hydroxyl groups is 1. The number of aliphatic hydroxyl groups excluding tert-OH is 2. The van der Waals surface area contributed by atoms with E-state index in [9.17, 15) is 35.1 Å². The first-order valence-corrected chi connectivity index (χ1v) is 10.8. The standard InChI is InChI=1S/C24H30O9/c1-12-5-14(32-4)6-15(27)17(12)20(29)33-16-8-22(3)18-19(28)21(2,11-26)10-23(18,30)7-13(9-25)24(16,22)31/h5-7,9,16,18-19,26-28,30-31H,8,10-11H2,1-4H3/t16-,18-,19-,21+,22-,23+,24+/m1/s1. The Bertz CT molecular complexity index is 1030. The molecule has 2 fully saturated rings. The van der Waals surface area contributed by atoms with E-state index in [2.05, 4.69) is 0 Å². The van der Waals surface area contributed by atoms with Crippen LogP contribution in [0.5, 0.6) is 11.5 Å². The first-order valence-electron chi connectivity index (χ1n) is 10.8. The fourth-order valence-electron chi connectivity index (χ4n) is 6.47. The summed E-state index contributed by atoms with van der Waals surface area (Å²) < 4.78 is 10.6.